The van der Waals surface area contributed by atoms with E-state index in [9.17, 15) is 9.59 Å². The largest absolute Gasteiger partial charge is 0.497 e. The van der Waals surface area contributed by atoms with E-state index in [0.717, 1.165) is 10.6 Å². The number of hydrogen-bond acceptors (Lipinski definition) is 4. The van der Waals surface area contributed by atoms with E-state index >= 15 is 0 Å². The Balaban J connectivity index is 1.58. The Hall–Kier alpha value is -3.36. The topological polar surface area (TPSA) is 82.7 Å². The maximum atomic E-state index is 13.0. The number of hydrogen-bond donors (Lipinski definition) is 3. The van der Waals surface area contributed by atoms with Crippen molar-refractivity contribution in [3.63, 3.8) is 0 Å². The number of benzene rings is 3. The van der Waals surface area contributed by atoms with E-state index in [1.54, 1.807) is 60.2 Å². The second-order valence-electron chi connectivity index (χ2n) is 7.25. The fourth-order valence-corrected chi connectivity index (χ4v) is 3.75. The molecule has 0 aromatic heterocycles. The van der Waals surface area contributed by atoms with Crippen LogP contribution in [0.5, 0.6) is 5.75 Å². The van der Waals surface area contributed by atoms with Gasteiger partial charge in [0.15, 0.2) is 0 Å². The zero-order valence-electron chi connectivity index (χ0n) is 19.0. The molecule has 0 saturated heterocycles. The summed E-state index contributed by atoms with van der Waals surface area (Å²) in [5.41, 5.74) is 2.02. The first-order valence-corrected chi connectivity index (χ1v) is 12.3. The first-order chi connectivity index (χ1) is 16.5. The Morgan fingerprint density at radius 3 is 2.35 bits per heavy atom. The van der Waals surface area contributed by atoms with Crippen LogP contribution in [0.1, 0.15) is 6.42 Å². The maximum absolute atomic E-state index is 13.0. The molecule has 3 aromatic rings. The van der Waals surface area contributed by atoms with Gasteiger partial charge in [-0.2, -0.15) is 0 Å². The summed E-state index contributed by atoms with van der Waals surface area (Å²) in [5.74, 6) is 0.697. The molecule has 0 fully saturated rings. The fourth-order valence-electron chi connectivity index (χ4n) is 3.16. The number of halogens is 1. The molecule has 0 spiro atoms. The summed E-state index contributed by atoms with van der Waals surface area (Å²) in [6, 6.07) is 21.2. The third-order valence-corrected chi connectivity index (χ3v) is 5.88. The lowest BCUT2D eigenvalue weighted by Gasteiger charge is -2.24. The lowest BCUT2D eigenvalue weighted by atomic mass is 10.2. The van der Waals surface area contributed by atoms with E-state index < -0.39 is 0 Å². The van der Waals surface area contributed by atoms with Crippen LogP contribution < -0.4 is 25.6 Å². The van der Waals surface area contributed by atoms with Crippen LogP contribution in [0.2, 0.25) is 5.02 Å². The van der Waals surface area contributed by atoms with E-state index in [4.69, 9.17) is 16.3 Å². The van der Waals surface area contributed by atoms with E-state index in [0.29, 0.717) is 41.7 Å². The van der Waals surface area contributed by atoms with Crippen molar-refractivity contribution in [2.75, 3.05) is 42.0 Å². The van der Waals surface area contributed by atoms with Gasteiger partial charge in [0.2, 0.25) is 0 Å². The number of ether oxygens (including phenoxy) is 1. The highest BCUT2D eigenvalue weighted by Gasteiger charge is 2.16. The lowest BCUT2D eigenvalue weighted by molar-refractivity contribution is 0.252. The van der Waals surface area contributed by atoms with E-state index in [1.165, 1.54) is 0 Å². The molecule has 0 aliphatic heterocycles. The molecule has 7 nitrogen and oxygen atoms in total. The Morgan fingerprint density at radius 1 is 0.971 bits per heavy atom. The Bertz CT molecular complexity index is 1090. The van der Waals surface area contributed by atoms with Crippen molar-refractivity contribution in [2.45, 2.75) is 11.3 Å². The molecule has 0 aliphatic carbocycles. The van der Waals surface area contributed by atoms with Gasteiger partial charge in [-0.1, -0.05) is 17.7 Å². The number of methoxy groups -OCH3 is 1. The molecule has 0 saturated carbocycles. The summed E-state index contributed by atoms with van der Waals surface area (Å²) in [7, 11) is 1.59. The van der Waals surface area contributed by atoms with Gasteiger partial charge in [-0.15, -0.1) is 11.8 Å². The summed E-state index contributed by atoms with van der Waals surface area (Å²) in [4.78, 5) is 28.0. The van der Waals surface area contributed by atoms with Crippen LogP contribution in [0.3, 0.4) is 0 Å². The maximum Gasteiger partial charge on any atom is 0.326 e. The Morgan fingerprint density at radius 2 is 1.71 bits per heavy atom. The molecule has 9 heteroatoms. The number of carbonyl (C=O) groups is 2. The summed E-state index contributed by atoms with van der Waals surface area (Å²) in [6.45, 7) is 0.785. The van der Waals surface area contributed by atoms with E-state index in [1.807, 2.05) is 42.7 Å². The van der Waals surface area contributed by atoms with Crippen LogP contribution in [0.15, 0.2) is 77.7 Å². The molecule has 4 amide bonds. The van der Waals surface area contributed by atoms with Gasteiger partial charge in [0.25, 0.3) is 0 Å². The average molecular weight is 499 g/mol. The van der Waals surface area contributed by atoms with Crippen LogP contribution in [0.25, 0.3) is 0 Å². The van der Waals surface area contributed by atoms with Gasteiger partial charge in [-0.05, 0) is 79.4 Å². The van der Waals surface area contributed by atoms with Gasteiger partial charge in [-0.25, -0.2) is 9.59 Å². The summed E-state index contributed by atoms with van der Waals surface area (Å²) >= 11 is 7.68. The Kier molecular flexibility index (Phi) is 9.49. The number of nitrogens with zero attached hydrogens (tertiary/aromatic N) is 1. The van der Waals surface area contributed by atoms with Gasteiger partial charge >= 0.3 is 12.1 Å². The zero-order valence-corrected chi connectivity index (χ0v) is 20.6. The van der Waals surface area contributed by atoms with E-state index in [-0.39, 0.29) is 12.1 Å². The molecule has 0 heterocycles. The minimum atomic E-state index is -0.300. The molecule has 178 valence electrons. The molecular formula is C25H27ClN4O3S. The predicted octanol–water partition coefficient (Wildman–Crippen LogP) is 6.32. The first kappa shape index (κ1) is 25.3. The van der Waals surface area contributed by atoms with Crippen molar-refractivity contribution in [3.8, 4) is 5.75 Å². The minimum absolute atomic E-state index is 0.295. The lowest BCUT2D eigenvalue weighted by Crippen LogP contribution is -2.38. The normalized spacial score (nSPS) is 10.3. The quantitative estimate of drug-likeness (QED) is 0.238. The monoisotopic (exact) mass is 498 g/mol. The van der Waals surface area contributed by atoms with Crippen molar-refractivity contribution in [1.29, 1.82) is 0 Å². The van der Waals surface area contributed by atoms with Crippen molar-refractivity contribution in [1.82, 2.24) is 5.32 Å². The molecule has 0 aliphatic rings. The molecule has 0 unspecified atom stereocenters. The average Bonchev–Trinajstić information content (AvgIpc) is 2.84. The number of urea groups is 2. The number of rotatable bonds is 9. The molecule has 3 aromatic carbocycles. The minimum Gasteiger partial charge on any atom is -0.497 e. The highest BCUT2D eigenvalue weighted by Crippen LogP contribution is 2.22. The number of nitrogens with one attached hydrogen (secondary N) is 3. The van der Waals surface area contributed by atoms with Crippen molar-refractivity contribution in [3.05, 3.63) is 77.8 Å². The fraction of sp³-hybridized carbons (Fsp3) is 0.200. The molecule has 3 N–H and O–H groups in total. The van der Waals surface area contributed by atoms with Crippen LogP contribution in [-0.2, 0) is 0 Å². The predicted molar refractivity (Wildman–Crippen MR) is 141 cm³/mol. The molecule has 0 radical (unpaired) electrons. The number of thioether (sulfide) groups is 1. The van der Waals surface area contributed by atoms with Gasteiger partial charge in [0, 0.05) is 40.1 Å². The molecule has 34 heavy (non-hydrogen) atoms. The molecule has 0 atom stereocenters. The third-order valence-electron chi connectivity index (χ3n) is 4.90. The van der Waals surface area contributed by atoms with Gasteiger partial charge in [0.1, 0.15) is 5.75 Å². The van der Waals surface area contributed by atoms with Crippen LogP contribution in [0, 0.1) is 0 Å². The summed E-state index contributed by atoms with van der Waals surface area (Å²) in [5, 5.41) is 9.04. The van der Waals surface area contributed by atoms with Crippen molar-refractivity contribution >= 4 is 52.5 Å². The van der Waals surface area contributed by atoms with Gasteiger partial charge in [0.05, 0.1) is 7.11 Å². The van der Waals surface area contributed by atoms with Gasteiger partial charge in [-0.3, -0.25) is 4.90 Å². The third kappa shape index (κ3) is 7.60. The number of anilines is 3. The second kappa shape index (κ2) is 12.8. The smallest absolute Gasteiger partial charge is 0.326 e. The number of amides is 4. The highest BCUT2D eigenvalue weighted by atomic mass is 35.5. The SMILES string of the molecule is COc1ccc(N(CCCNC(=O)Nc2ccc(SC)cc2)C(=O)Nc2cccc(Cl)c2)cc1. The molecule has 3 rings (SSSR count). The van der Waals surface area contributed by atoms with Crippen LogP contribution in [0.4, 0.5) is 26.7 Å². The van der Waals surface area contributed by atoms with E-state index in [2.05, 4.69) is 16.0 Å². The summed E-state index contributed by atoms with van der Waals surface area (Å²) in [6.07, 6.45) is 2.55. The van der Waals surface area contributed by atoms with Gasteiger partial charge < -0.3 is 20.7 Å². The second-order valence-corrected chi connectivity index (χ2v) is 8.57. The van der Waals surface area contributed by atoms with Crippen molar-refractivity contribution in [2.24, 2.45) is 0 Å². The highest BCUT2D eigenvalue weighted by molar-refractivity contribution is 7.98. The number of carbonyl (C=O) groups excluding carboxylic acids is 2. The summed E-state index contributed by atoms with van der Waals surface area (Å²) < 4.78 is 5.22. The first-order valence-electron chi connectivity index (χ1n) is 10.7. The Labute approximate surface area is 208 Å². The van der Waals surface area contributed by atoms with Crippen molar-refractivity contribution < 1.29 is 14.3 Å². The standard InChI is InChI=1S/C25H27ClN4O3S/c1-33-22-11-9-21(10-12-22)30(25(32)29-20-6-3-5-18(26)17-20)16-4-15-27-24(31)28-19-7-13-23(34-2)14-8-19/h3,5-14,17H,4,15-16H2,1-2H3,(H,29,32)(H2,27,28,31). The van der Waals surface area contributed by atoms with Crippen LogP contribution >= 0.6 is 23.4 Å². The zero-order chi connectivity index (χ0) is 24.3. The molecule has 0 bridgehead atoms. The molecular weight excluding hydrogens is 472 g/mol. The van der Waals surface area contributed by atoms with Crippen LogP contribution in [-0.4, -0.2) is 38.5 Å².